The summed E-state index contributed by atoms with van der Waals surface area (Å²) in [4.78, 5) is 28.3. The van der Waals surface area contributed by atoms with E-state index < -0.39 is 17.7 Å². The van der Waals surface area contributed by atoms with Gasteiger partial charge in [0.2, 0.25) is 0 Å². The van der Waals surface area contributed by atoms with Gasteiger partial charge in [0.15, 0.2) is 11.5 Å². The van der Waals surface area contributed by atoms with Crippen LogP contribution in [0.5, 0.6) is 17.2 Å². The summed E-state index contributed by atoms with van der Waals surface area (Å²) >= 11 is 0. The second-order valence-electron chi connectivity index (χ2n) is 10.8. The van der Waals surface area contributed by atoms with E-state index in [1.807, 2.05) is 49.4 Å². The predicted molar refractivity (Wildman–Crippen MR) is 155 cm³/mol. The van der Waals surface area contributed by atoms with Crippen LogP contribution >= 0.6 is 0 Å². The second-order valence-corrected chi connectivity index (χ2v) is 10.8. The average Bonchev–Trinajstić information content (AvgIpc) is 3.20. The Bertz CT molecular complexity index is 1420. The van der Waals surface area contributed by atoms with Gasteiger partial charge in [-0.1, -0.05) is 70.2 Å². The number of benzene rings is 3. The maximum atomic E-state index is 13.5. The molecular weight excluding hydrogens is 506 g/mol. The molecule has 7 nitrogen and oxygen atoms in total. The molecule has 0 radical (unpaired) electrons. The van der Waals surface area contributed by atoms with E-state index in [-0.39, 0.29) is 16.7 Å². The zero-order chi connectivity index (χ0) is 29.0. The van der Waals surface area contributed by atoms with E-state index in [0.29, 0.717) is 47.9 Å². The van der Waals surface area contributed by atoms with Crippen LogP contribution in [0.3, 0.4) is 0 Å². The number of ketones is 1. The highest BCUT2D eigenvalue weighted by molar-refractivity contribution is 6.46. The van der Waals surface area contributed by atoms with Gasteiger partial charge in [0, 0.05) is 6.54 Å². The Balaban J connectivity index is 1.86. The smallest absolute Gasteiger partial charge is 0.295 e. The maximum Gasteiger partial charge on any atom is 0.295 e. The lowest BCUT2D eigenvalue weighted by Gasteiger charge is -2.26. The number of amides is 1. The number of rotatable bonds is 9. The number of carbonyl (C=O) groups excluding carboxylic acids is 2. The molecule has 0 aliphatic carbocycles. The molecule has 7 heteroatoms. The first-order valence-electron chi connectivity index (χ1n) is 13.4. The second kappa shape index (κ2) is 11.9. The monoisotopic (exact) mass is 543 g/mol. The number of Topliss-reactive ketones (excluding diaryl/α,β-unsaturated/α-hetero) is 1. The minimum absolute atomic E-state index is 0.0157. The number of methoxy groups -OCH3 is 2. The van der Waals surface area contributed by atoms with Crippen LogP contribution in [-0.2, 0) is 21.6 Å². The number of ether oxygens (including phenoxy) is 3. The molecule has 1 fully saturated rings. The number of aliphatic hydroxyl groups is 1. The normalized spacial score (nSPS) is 16.8. The molecule has 1 amide bonds. The fraction of sp³-hybridized carbons (Fsp3) is 0.333. The van der Waals surface area contributed by atoms with Crippen LogP contribution in [0.25, 0.3) is 5.76 Å². The lowest BCUT2D eigenvalue weighted by molar-refractivity contribution is -0.139. The minimum atomic E-state index is -0.812. The van der Waals surface area contributed by atoms with Crippen LogP contribution < -0.4 is 14.2 Å². The van der Waals surface area contributed by atoms with Crippen LogP contribution in [0, 0.1) is 0 Å². The number of carbonyl (C=O) groups is 2. The van der Waals surface area contributed by atoms with Crippen LogP contribution in [0.4, 0.5) is 0 Å². The summed E-state index contributed by atoms with van der Waals surface area (Å²) in [5.74, 6) is -0.256. The Morgan fingerprint density at radius 1 is 0.900 bits per heavy atom. The highest BCUT2D eigenvalue weighted by Gasteiger charge is 2.46. The molecule has 3 aromatic rings. The SMILES string of the molecule is CCCN1C(=O)C(=O)/C(=C(/O)c2cc(C(C)(C)C)ccc2OC)C1c1ccc(OC)c(OCc2ccccc2)c1. The van der Waals surface area contributed by atoms with Gasteiger partial charge in [0.25, 0.3) is 11.7 Å². The number of nitrogens with zero attached hydrogens (tertiary/aromatic N) is 1. The molecule has 1 aliphatic rings. The molecule has 1 N–H and O–H groups in total. The summed E-state index contributed by atoms with van der Waals surface area (Å²) in [5.41, 5.74) is 2.73. The number of likely N-dealkylation sites (tertiary alicyclic amines) is 1. The highest BCUT2D eigenvalue weighted by atomic mass is 16.5. The van der Waals surface area contributed by atoms with E-state index in [1.54, 1.807) is 31.4 Å². The molecule has 3 aromatic carbocycles. The maximum absolute atomic E-state index is 13.5. The number of hydrogen-bond donors (Lipinski definition) is 1. The molecule has 0 saturated carbocycles. The zero-order valence-corrected chi connectivity index (χ0v) is 24.0. The van der Waals surface area contributed by atoms with Gasteiger partial charge in [0.05, 0.1) is 31.4 Å². The summed E-state index contributed by atoms with van der Waals surface area (Å²) in [7, 11) is 3.07. The summed E-state index contributed by atoms with van der Waals surface area (Å²) in [6, 6.07) is 19.8. The highest BCUT2D eigenvalue weighted by Crippen LogP contribution is 2.43. The van der Waals surface area contributed by atoms with E-state index >= 15 is 0 Å². The lowest BCUT2D eigenvalue weighted by atomic mass is 9.85. The average molecular weight is 544 g/mol. The topological polar surface area (TPSA) is 85.3 Å². The van der Waals surface area contributed by atoms with Gasteiger partial charge >= 0.3 is 0 Å². The van der Waals surface area contributed by atoms with Crippen molar-refractivity contribution >= 4 is 17.4 Å². The molecule has 0 aromatic heterocycles. The Kier molecular flexibility index (Phi) is 8.52. The van der Waals surface area contributed by atoms with E-state index in [9.17, 15) is 14.7 Å². The van der Waals surface area contributed by atoms with Gasteiger partial charge in [-0.2, -0.15) is 0 Å². The molecule has 1 heterocycles. The third-order valence-corrected chi connectivity index (χ3v) is 7.07. The molecule has 1 atom stereocenters. The van der Waals surface area contributed by atoms with E-state index in [1.165, 1.54) is 12.0 Å². The van der Waals surface area contributed by atoms with Crippen molar-refractivity contribution in [2.75, 3.05) is 20.8 Å². The Morgan fingerprint density at radius 3 is 2.20 bits per heavy atom. The number of hydrogen-bond acceptors (Lipinski definition) is 6. The van der Waals surface area contributed by atoms with Crippen molar-refractivity contribution in [1.29, 1.82) is 0 Å². The first-order valence-corrected chi connectivity index (χ1v) is 13.4. The molecule has 1 saturated heterocycles. The van der Waals surface area contributed by atoms with Crippen molar-refractivity contribution in [3.63, 3.8) is 0 Å². The molecule has 0 spiro atoms. The van der Waals surface area contributed by atoms with Crippen molar-refractivity contribution in [3.05, 3.63) is 94.6 Å². The molecular formula is C33H37NO6. The van der Waals surface area contributed by atoms with Crippen LogP contribution in [-0.4, -0.2) is 42.5 Å². The molecule has 1 aliphatic heterocycles. The van der Waals surface area contributed by atoms with Gasteiger partial charge in [0.1, 0.15) is 18.1 Å². The molecule has 210 valence electrons. The Labute approximate surface area is 236 Å². The van der Waals surface area contributed by atoms with Gasteiger partial charge in [-0.3, -0.25) is 9.59 Å². The lowest BCUT2D eigenvalue weighted by Crippen LogP contribution is -2.30. The summed E-state index contributed by atoms with van der Waals surface area (Å²) < 4.78 is 17.2. The van der Waals surface area contributed by atoms with Gasteiger partial charge in [-0.15, -0.1) is 0 Å². The molecule has 1 unspecified atom stereocenters. The first-order chi connectivity index (χ1) is 19.1. The fourth-order valence-corrected chi connectivity index (χ4v) is 4.91. The molecule has 40 heavy (non-hydrogen) atoms. The van der Waals surface area contributed by atoms with Crippen molar-refractivity contribution in [2.24, 2.45) is 0 Å². The van der Waals surface area contributed by atoms with Gasteiger partial charge < -0.3 is 24.2 Å². The third kappa shape index (κ3) is 5.69. The Morgan fingerprint density at radius 2 is 1.57 bits per heavy atom. The molecule has 4 rings (SSSR count). The van der Waals surface area contributed by atoms with Crippen LogP contribution in [0.15, 0.2) is 72.3 Å². The third-order valence-electron chi connectivity index (χ3n) is 7.07. The van der Waals surface area contributed by atoms with Gasteiger partial charge in [-0.05, 0) is 52.8 Å². The van der Waals surface area contributed by atoms with E-state index in [4.69, 9.17) is 14.2 Å². The Hall–Kier alpha value is -4.26. The quantitative estimate of drug-likeness (QED) is 0.191. The molecule has 0 bridgehead atoms. The van der Waals surface area contributed by atoms with Crippen molar-refractivity contribution in [1.82, 2.24) is 4.90 Å². The summed E-state index contributed by atoms with van der Waals surface area (Å²) in [6.07, 6.45) is 0.639. The largest absolute Gasteiger partial charge is 0.507 e. The fourth-order valence-electron chi connectivity index (χ4n) is 4.91. The van der Waals surface area contributed by atoms with Crippen LogP contribution in [0.1, 0.15) is 62.4 Å². The van der Waals surface area contributed by atoms with Gasteiger partial charge in [-0.25, -0.2) is 0 Å². The zero-order valence-electron chi connectivity index (χ0n) is 24.0. The summed E-state index contributed by atoms with van der Waals surface area (Å²) in [6.45, 7) is 8.78. The van der Waals surface area contributed by atoms with Crippen molar-refractivity contribution in [2.45, 2.75) is 52.2 Å². The van der Waals surface area contributed by atoms with Crippen molar-refractivity contribution < 1.29 is 28.9 Å². The summed E-state index contributed by atoms with van der Waals surface area (Å²) in [5, 5.41) is 11.7. The standard InChI is InChI=1S/C33H37NO6/c1-7-17-34-29(22-13-15-26(39-6)27(18-22)40-20-21-11-9-8-10-12-21)28(31(36)32(34)37)30(35)24-19-23(33(2,3)4)14-16-25(24)38-5/h8-16,18-19,29,35H,7,17,20H2,1-6H3/b30-28+. The minimum Gasteiger partial charge on any atom is -0.507 e. The number of aliphatic hydroxyl groups excluding tert-OH is 1. The van der Waals surface area contributed by atoms with E-state index in [2.05, 4.69) is 20.8 Å². The predicted octanol–water partition coefficient (Wildman–Crippen LogP) is 6.41. The van der Waals surface area contributed by atoms with Crippen molar-refractivity contribution in [3.8, 4) is 17.2 Å². The first kappa shape index (κ1) is 28.7. The van der Waals surface area contributed by atoms with E-state index in [0.717, 1.165) is 11.1 Å². The van der Waals surface area contributed by atoms with Crippen LogP contribution in [0.2, 0.25) is 0 Å².